The maximum absolute atomic E-state index is 6.13. The zero-order valence-corrected chi connectivity index (χ0v) is 19.9. The van der Waals surface area contributed by atoms with Gasteiger partial charge in [0.25, 0.3) is 5.88 Å². The van der Waals surface area contributed by atoms with Crippen LogP contribution in [0, 0.1) is 13.8 Å². The number of morpholine rings is 1. The number of pyridine rings is 1. The summed E-state index contributed by atoms with van der Waals surface area (Å²) in [6.45, 7) is 8.55. The van der Waals surface area contributed by atoms with Crippen molar-refractivity contribution in [3.63, 3.8) is 0 Å². The molecule has 172 valence electrons. The van der Waals surface area contributed by atoms with Crippen LogP contribution in [0.1, 0.15) is 23.9 Å². The minimum Gasteiger partial charge on any atom is -0.497 e. The molecule has 1 aliphatic heterocycles. The quantitative estimate of drug-likeness (QED) is 0.402. The minimum atomic E-state index is 0.219. The number of methoxy groups -OCH3 is 1. The van der Waals surface area contributed by atoms with E-state index in [4.69, 9.17) is 23.7 Å². The monoisotopic (exact) mass is 466 g/mol. The summed E-state index contributed by atoms with van der Waals surface area (Å²) >= 11 is 1.38. The fourth-order valence-electron chi connectivity index (χ4n) is 4.12. The van der Waals surface area contributed by atoms with E-state index < -0.39 is 0 Å². The van der Waals surface area contributed by atoms with Gasteiger partial charge in [0.05, 0.1) is 36.8 Å². The molecule has 1 atom stereocenters. The van der Waals surface area contributed by atoms with Gasteiger partial charge in [-0.1, -0.05) is 17.3 Å². The van der Waals surface area contributed by atoms with Crippen molar-refractivity contribution in [2.24, 2.45) is 0 Å². The Kier molecular flexibility index (Phi) is 5.90. The van der Waals surface area contributed by atoms with Gasteiger partial charge in [-0.25, -0.2) is 4.98 Å². The maximum Gasteiger partial charge on any atom is 0.252 e. The van der Waals surface area contributed by atoms with Gasteiger partial charge >= 0.3 is 0 Å². The van der Waals surface area contributed by atoms with Crippen LogP contribution in [0.15, 0.2) is 34.9 Å². The topological polar surface area (TPSA) is 82.7 Å². The number of nitrogens with zero attached hydrogens (tertiary/aromatic N) is 4. The third-order valence-corrected chi connectivity index (χ3v) is 6.73. The average Bonchev–Trinajstić information content (AvgIpc) is 3.40. The Morgan fingerprint density at radius 3 is 2.73 bits per heavy atom. The van der Waals surface area contributed by atoms with Gasteiger partial charge in [-0.15, -0.1) is 0 Å². The van der Waals surface area contributed by atoms with Crippen molar-refractivity contribution >= 4 is 27.6 Å². The van der Waals surface area contributed by atoms with Crippen LogP contribution in [0.25, 0.3) is 21.3 Å². The molecule has 33 heavy (non-hydrogen) atoms. The predicted molar refractivity (Wildman–Crippen MR) is 127 cm³/mol. The second kappa shape index (κ2) is 8.99. The number of anilines is 1. The molecular formula is C24H26N4O4S. The maximum atomic E-state index is 6.13. The van der Waals surface area contributed by atoms with E-state index in [1.165, 1.54) is 11.5 Å². The van der Waals surface area contributed by atoms with E-state index in [0.29, 0.717) is 25.7 Å². The summed E-state index contributed by atoms with van der Waals surface area (Å²) in [6, 6.07) is 10.1. The lowest BCUT2D eigenvalue weighted by molar-refractivity contribution is 0.0986. The van der Waals surface area contributed by atoms with Gasteiger partial charge in [-0.3, -0.25) is 0 Å². The van der Waals surface area contributed by atoms with Crippen molar-refractivity contribution in [3.8, 4) is 22.8 Å². The first-order valence-electron chi connectivity index (χ1n) is 10.9. The van der Waals surface area contributed by atoms with Crippen molar-refractivity contribution in [1.82, 2.24) is 14.5 Å². The van der Waals surface area contributed by atoms with Crippen LogP contribution < -0.4 is 14.4 Å². The standard InChI is InChI=1S/C24H26N4O4S/c1-14-12-30-10-9-28(14)20-11-19(21-15(2)26-32-16(21)3)23-22(25-20)24(27-33-23)31-13-17-5-7-18(29-4)8-6-17/h5-8,11,14H,9-10,12-13H2,1-4H3. The Hall–Kier alpha value is -3.17. The molecule has 3 aromatic heterocycles. The van der Waals surface area contributed by atoms with Gasteiger partial charge in [0.15, 0.2) is 0 Å². The average molecular weight is 467 g/mol. The van der Waals surface area contributed by atoms with Crippen LogP contribution in [-0.2, 0) is 11.3 Å². The van der Waals surface area contributed by atoms with E-state index in [1.54, 1.807) is 7.11 Å². The highest BCUT2D eigenvalue weighted by molar-refractivity contribution is 7.14. The van der Waals surface area contributed by atoms with E-state index in [-0.39, 0.29) is 6.04 Å². The molecule has 1 aliphatic rings. The van der Waals surface area contributed by atoms with E-state index >= 15 is 0 Å². The van der Waals surface area contributed by atoms with Crippen LogP contribution in [-0.4, -0.2) is 47.4 Å². The molecule has 1 unspecified atom stereocenters. The highest BCUT2D eigenvalue weighted by Crippen LogP contribution is 2.41. The summed E-state index contributed by atoms with van der Waals surface area (Å²) < 4.78 is 28.1. The molecule has 1 saturated heterocycles. The third-order valence-electron chi connectivity index (χ3n) is 5.88. The molecule has 1 aromatic carbocycles. The zero-order chi connectivity index (χ0) is 22.9. The molecule has 4 heterocycles. The molecule has 4 aromatic rings. The van der Waals surface area contributed by atoms with Crippen molar-refractivity contribution in [3.05, 3.63) is 47.3 Å². The van der Waals surface area contributed by atoms with Crippen LogP contribution in [0.2, 0.25) is 0 Å². The molecule has 0 bridgehead atoms. The first kappa shape index (κ1) is 21.7. The van der Waals surface area contributed by atoms with Gasteiger partial charge in [0.1, 0.15) is 29.5 Å². The van der Waals surface area contributed by atoms with E-state index in [2.05, 4.69) is 27.4 Å². The Labute approximate surface area is 196 Å². The summed E-state index contributed by atoms with van der Waals surface area (Å²) in [5.74, 6) is 2.99. The summed E-state index contributed by atoms with van der Waals surface area (Å²) in [5.41, 5.74) is 4.62. The molecule has 0 spiro atoms. The van der Waals surface area contributed by atoms with Crippen LogP contribution in [0.5, 0.6) is 11.6 Å². The highest BCUT2D eigenvalue weighted by Gasteiger charge is 2.26. The normalized spacial score (nSPS) is 16.4. The number of rotatable bonds is 6. The molecule has 8 nitrogen and oxygen atoms in total. The smallest absolute Gasteiger partial charge is 0.252 e. The summed E-state index contributed by atoms with van der Waals surface area (Å²) in [7, 11) is 1.65. The van der Waals surface area contributed by atoms with Gasteiger partial charge in [-0.05, 0) is 56.1 Å². The summed E-state index contributed by atoms with van der Waals surface area (Å²) in [5, 5.41) is 4.17. The number of hydrogen-bond acceptors (Lipinski definition) is 9. The van der Waals surface area contributed by atoms with E-state index in [9.17, 15) is 0 Å². The first-order chi connectivity index (χ1) is 16.0. The second-order valence-corrected chi connectivity index (χ2v) is 8.92. The minimum absolute atomic E-state index is 0.219. The number of aromatic nitrogens is 3. The number of aryl methyl sites for hydroxylation is 2. The van der Waals surface area contributed by atoms with Crippen molar-refractivity contribution in [2.45, 2.75) is 33.4 Å². The number of benzene rings is 1. The Bertz CT molecular complexity index is 1250. The third kappa shape index (κ3) is 4.14. The lowest BCUT2D eigenvalue weighted by atomic mass is 10.0. The van der Waals surface area contributed by atoms with Crippen LogP contribution in [0.3, 0.4) is 0 Å². The van der Waals surface area contributed by atoms with Crippen molar-refractivity contribution in [1.29, 1.82) is 0 Å². The fraction of sp³-hybridized carbons (Fsp3) is 0.375. The molecule has 0 amide bonds. The molecule has 0 radical (unpaired) electrons. The number of ether oxygens (including phenoxy) is 3. The molecule has 0 N–H and O–H groups in total. The SMILES string of the molecule is COc1ccc(COc2nsc3c(-c4c(C)noc4C)cc(N4CCOCC4C)nc23)cc1. The Morgan fingerprint density at radius 1 is 1.21 bits per heavy atom. The first-order valence-corrected chi connectivity index (χ1v) is 11.7. The summed E-state index contributed by atoms with van der Waals surface area (Å²) in [6.07, 6.45) is 0. The Morgan fingerprint density at radius 2 is 2.03 bits per heavy atom. The lowest BCUT2D eigenvalue weighted by Gasteiger charge is -2.34. The van der Waals surface area contributed by atoms with Crippen LogP contribution in [0.4, 0.5) is 5.82 Å². The molecule has 0 saturated carbocycles. The highest BCUT2D eigenvalue weighted by atomic mass is 32.1. The predicted octanol–water partition coefficient (Wildman–Crippen LogP) is 4.78. The zero-order valence-electron chi connectivity index (χ0n) is 19.1. The number of hydrogen-bond donors (Lipinski definition) is 0. The van der Waals surface area contributed by atoms with Crippen molar-refractivity contribution < 1.29 is 18.7 Å². The molecule has 9 heteroatoms. The van der Waals surface area contributed by atoms with Crippen molar-refractivity contribution in [2.75, 3.05) is 31.8 Å². The second-order valence-electron chi connectivity index (χ2n) is 8.15. The number of fused-ring (bicyclic) bond motifs is 1. The van der Waals surface area contributed by atoms with Gasteiger partial charge in [-0.2, -0.15) is 4.37 Å². The lowest BCUT2D eigenvalue weighted by Crippen LogP contribution is -2.44. The fourth-order valence-corrected chi connectivity index (χ4v) is 4.92. The molecule has 5 rings (SSSR count). The van der Waals surface area contributed by atoms with Crippen LogP contribution >= 0.6 is 11.5 Å². The van der Waals surface area contributed by atoms with Gasteiger partial charge in [0, 0.05) is 17.7 Å². The molecule has 0 aliphatic carbocycles. The van der Waals surface area contributed by atoms with E-state index in [0.717, 1.165) is 56.5 Å². The van der Waals surface area contributed by atoms with Gasteiger partial charge in [0.2, 0.25) is 0 Å². The largest absolute Gasteiger partial charge is 0.497 e. The summed E-state index contributed by atoms with van der Waals surface area (Å²) in [4.78, 5) is 7.27. The molecular weight excluding hydrogens is 440 g/mol. The van der Waals surface area contributed by atoms with E-state index in [1.807, 2.05) is 38.1 Å². The Balaban J connectivity index is 1.56. The van der Waals surface area contributed by atoms with Gasteiger partial charge < -0.3 is 23.6 Å². The molecule has 1 fully saturated rings.